The third kappa shape index (κ3) is 3.28. The van der Waals surface area contributed by atoms with Crippen LogP contribution in [-0.2, 0) is 23.5 Å². The van der Waals surface area contributed by atoms with Gasteiger partial charge in [-0.25, -0.2) is 13.6 Å². The van der Waals surface area contributed by atoms with Crippen molar-refractivity contribution in [3.63, 3.8) is 0 Å². The van der Waals surface area contributed by atoms with E-state index >= 15 is 0 Å². The molecule has 1 heterocycles. The van der Waals surface area contributed by atoms with Gasteiger partial charge in [0.1, 0.15) is 0 Å². The molecule has 7 nitrogen and oxygen atoms in total. The molecule has 0 aliphatic rings. The molecule has 1 aromatic carbocycles. The number of benzene rings is 1. The molecular formula is C12H17N5O2S. The third-order valence-electron chi connectivity index (χ3n) is 2.97. The van der Waals surface area contributed by atoms with Crippen molar-refractivity contribution in [2.45, 2.75) is 11.3 Å². The topological polar surface area (TPSA) is 116 Å². The molecule has 0 radical (unpaired) electrons. The minimum Gasteiger partial charge on any atom is -0.397 e. The fraction of sp³-hybridized carbons (Fsp3) is 0.250. The van der Waals surface area contributed by atoms with Crippen LogP contribution in [0, 0.1) is 0 Å². The first-order chi connectivity index (χ1) is 9.38. The molecule has 0 fully saturated rings. The zero-order chi connectivity index (χ0) is 14.8. The van der Waals surface area contributed by atoms with Gasteiger partial charge in [0.25, 0.3) is 0 Å². The summed E-state index contributed by atoms with van der Waals surface area (Å²) in [5.74, 6) is 0. The summed E-state index contributed by atoms with van der Waals surface area (Å²) in [6.45, 7) is 0.665. The minimum atomic E-state index is -3.72. The normalized spacial score (nSPS) is 11.5. The summed E-state index contributed by atoms with van der Waals surface area (Å²) in [5, 5.41) is 12.3. The minimum absolute atomic E-state index is 0.00665. The molecule has 5 N–H and O–H groups in total. The standard InChI is InChI=1S/C12H17N5O2S/c1-17-9(5-7-16-17)4-6-15-12-3-2-10(8-11(12)13)20(14,18)19/h2-3,5,7-8,15H,4,6,13H2,1H3,(H2,14,18,19). The molecule has 0 saturated carbocycles. The summed E-state index contributed by atoms with van der Waals surface area (Å²) in [6, 6.07) is 6.33. The Balaban J connectivity index is 2.02. The summed E-state index contributed by atoms with van der Waals surface area (Å²) in [6.07, 6.45) is 2.53. The van der Waals surface area contributed by atoms with E-state index in [-0.39, 0.29) is 4.90 Å². The highest BCUT2D eigenvalue weighted by molar-refractivity contribution is 7.89. The molecule has 1 aromatic heterocycles. The fourth-order valence-electron chi connectivity index (χ4n) is 1.85. The number of nitrogens with zero attached hydrogens (tertiary/aromatic N) is 2. The first-order valence-electron chi connectivity index (χ1n) is 6.01. The molecule has 0 aliphatic carbocycles. The van der Waals surface area contributed by atoms with Gasteiger partial charge in [-0.05, 0) is 24.3 Å². The van der Waals surface area contributed by atoms with Gasteiger partial charge < -0.3 is 11.1 Å². The Morgan fingerprint density at radius 2 is 2.10 bits per heavy atom. The van der Waals surface area contributed by atoms with Crippen LogP contribution in [0.2, 0.25) is 0 Å². The highest BCUT2D eigenvalue weighted by atomic mass is 32.2. The van der Waals surface area contributed by atoms with Crippen LogP contribution < -0.4 is 16.2 Å². The van der Waals surface area contributed by atoms with Gasteiger partial charge in [-0.3, -0.25) is 4.68 Å². The van der Waals surface area contributed by atoms with Crippen molar-refractivity contribution >= 4 is 21.4 Å². The second-order valence-electron chi connectivity index (χ2n) is 4.42. The van der Waals surface area contributed by atoms with E-state index < -0.39 is 10.0 Å². The summed E-state index contributed by atoms with van der Waals surface area (Å²) in [5.41, 5.74) is 7.93. The molecule has 0 spiro atoms. The van der Waals surface area contributed by atoms with Crippen molar-refractivity contribution in [2.24, 2.45) is 12.2 Å². The zero-order valence-corrected chi connectivity index (χ0v) is 11.9. The van der Waals surface area contributed by atoms with Crippen LogP contribution in [0.15, 0.2) is 35.4 Å². The van der Waals surface area contributed by atoms with Crippen molar-refractivity contribution in [3.8, 4) is 0 Å². The number of sulfonamides is 1. The van der Waals surface area contributed by atoms with E-state index in [1.54, 1.807) is 16.9 Å². The van der Waals surface area contributed by atoms with E-state index in [1.807, 2.05) is 13.1 Å². The van der Waals surface area contributed by atoms with Crippen LogP contribution >= 0.6 is 0 Å². The Bertz CT molecular complexity index is 708. The third-order valence-corrected chi connectivity index (χ3v) is 3.88. The van der Waals surface area contributed by atoms with Gasteiger partial charge in [-0.15, -0.1) is 0 Å². The van der Waals surface area contributed by atoms with Gasteiger partial charge in [-0.1, -0.05) is 0 Å². The number of nitrogens with one attached hydrogen (secondary N) is 1. The van der Waals surface area contributed by atoms with Gasteiger partial charge in [0.15, 0.2) is 0 Å². The molecule has 0 bridgehead atoms. The number of nitrogen functional groups attached to an aromatic ring is 1. The second kappa shape index (κ2) is 5.51. The number of rotatable bonds is 5. The van der Waals surface area contributed by atoms with Gasteiger partial charge in [0, 0.05) is 31.9 Å². The lowest BCUT2D eigenvalue weighted by atomic mass is 10.2. The molecule has 0 amide bonds. The maximum absolute atomic E-state index is 11.2. The first kappa shape index (κ1) is 14.4. The maximum atomic E-state index is 11.2. The van der Waals surface area contributed by atoms with Crippen LogP contribution in [0.3, 0.4) is 0 Å². The van der Waals surface area contributed by atoms with Crippen LogP contribution in [0.1, 0.15) is 5.69 Å². The lowest BCUT2D eigenvalue weighted by Crippen LogP contribution is -2.13. The number of hydrogen-bond donors (Lipinski definition) is 3. The first-order valence-corrected chi connectivity index (χ1v) is 7.55. The van der Waals surface area contributed by atoms with Crippen molar-refractivity contribution in [3.05, 3.63) is 36.2 Å². The Morgan fingerprint density at radius 3 is 2.65 bits per heavy atom. The molecule has 0 atom stereocenters. The molecule has 0 saturated heterocycles. The van der Waals surface area contributed by atoms with E-state index in [2.05, 4.69) is 10.4 Å². The SMILES string of the molecule is Cn1nccc1CCNc1ccc(S(N)(=O)=O)cc1N. The smallest absolute Gasteiger partial charge is 0.238 e. The van der Waals surface area contributed by atoms with E-state index in [0.717, 1.165) is 12.1 Å². The number of anilines is 2. The largest absolute Gasteiger partial charge is 0.397 e. The van der Waals surface area contributed by atoms with Crippen molar-refractivity contribution < 1.29 is 8.42 Å². The lowest BCUT2D eigenvalue weighted by Gasteiger charge is -2.10. The molecule has 0 unspecified atom stereocenters. The van der Waals surface area contributed by atoms with E-state index in [9.17, 15) is 8.42 Å². The molecular weight excluding hydrogens is 278 g/mol. The van der Waals surface area contributed by atoms with Crippen molar-refractivity contribution in [2.75, 3.05) is 17.6 Å². The number of hydrogen-bond acceptors (Lipinski definition) is 5. The quantitative estimate of drug-likeness (QED) is 0.686. The molecule has 2 rings (SSSR count). The Morgan fingerprint density at radius 1 is 1.35 bits per heavy atom. The highest BCUT2D eigenvalue weighted by Gasteiger charge is 2.09. The number of primary sulfonamides is 1. The van der Waals surface area contributed by atoms with Crippen molar-refractivity contribution in [1.29, 1.82) is 0 Å². The lowest BCUT2D eigenvalue weighted by molar-refractivity contribution is 0.598. The van der Waals surface area contributed by atoms with Gasteiger partial charge in [0.2, 0.25) is 10.0 Å². The van der Waals surface area contributed by atoms with Crippen LogP contribution in [0.4, 0.5) is 11.4 Å². The number of nitrogens with two attached hydrogens (primary N) is 2. The van der Waals surface area contributed by atoms with E-state index in [0.29, 0.717) is 17.9 Å². The van der Waals surface area contributed by atoms with E-state index in [4.69, 9.17) is 10.9 Å². The Labute approximate surface area is 117 Å². The summed E-state index contributed by atoms with van der Waals surface area (Å²) in [7, 11) is -1.84. The molecule has 8 heteroatoms. The summed E-state index contributed by atoms with van der Waals surface area (Å²) >= 11 is 0. The summed E-state index contributed by atoms with van der Waals surface area (Å²) < 4.78 is 24.2. The molecule has 2 aromatic rings. The molecule has 0 aliphatic heterocycles. The summed E-state index contributed by atoms with van der Waals surface area (Å²) in [4.78, 5) is 0.00665. The average Bonchev–Trinajstić information content (AvgIpc) is 2.76. The molecule has 108 valence electrons. The maximum Gasteiger partial charge on any atom is 0.238 e. The molecule has 20 heavy (non-hydrogen) atoms. The van der Waals surface area contributed by atoms with Gasteiger partial charge in [0.05, 0.1) is 16.3 Å². The highest BCUT2D eigenvalue weighted by Crippen LogP contribution is 2.21. The van der Waals surface area contributed by atoms with Gasteiger partial charge >= 0.3 is 0 Å². The van der Waals surface area contributed by atoms with Crippen LogP contribution in [-0.4, -0.2) is 24.7 Å². The average molecular weight is 295 g/mol. The van der Waals surface area contributed by atoms with Crippen LogP contribution in [0.25, 0.3) is 0 Å². The number of aromatic nitrogens is 2. The predicted molar refractivity (Wildman–Crippen MR) is 77.6 cm³/mol. The van der Waals surface area contributed by atoms with E-state index in [1.165, 1.54) is 12.1 Å². The monoisotopic (exact) mass is 295 g/mol. The second-order valence-corrected chi connectivity index (χ2v) is 5.98. The Hall–Kier alpha value is -2.06. The van der Waals surface area contributed by atoms with Crippen LogP contribution in [0.5, 0.6) is 0 Å². The van der Waals surface area contributed by atoms with Crippen molar-refractivity contribution in [1.82, 2.24) is 9.78 Å². The Kier molecular flexibility index (Phi) is 3.96. The van der Waals surface area contributed by atoms with Gasteiger partial charge in [-0.2, -0.15) is 5.10 Å². The predicted octanol–water partition coefficient (Wildman–Crippen LogP) is 0.304. The fourth-order valence-corrected chi connectivity index (χ4v) is 2.40. The number of aryl methyl sites for hydroxylation is 1. The zero-order valence-electron chi connectivity index (χ0n) is 11.1.